The summed E-state index contributed by atoms with van der Waals surface area (Å²) >= 11 is 0. The van der Waals surface area contributed by atoms with Gasteiger partial charge in [0.2, 0.25) is 0 Å². The first-order valence-corrected chi connectivity index (χ1v) is 5.97. The van der Waals surface area contributed by atoms with Crippen LogP contribution in [-0.4, -0.2) is 0 Å². The third-order valence-corrected chi connectivity index (χ3v) is 2.99. The summed E-state index contributed by atoms with van der Waals surface area (Å²) in [6.07, 6.45) is 7.26. The lowest BCUT2D eigenvalue weighted by Gasteiger charge is -2.15. The van der Waals surface area contributed by atoms with Crippen LogP contribution >= 0.6 is 0 Å². The van der Waals surface area contributed by atoms with E-state index in [0.717, 1.165) is 0 Å². The molecule has 82 valence electrons. The van der Waals surface area contributed by atoms with Crippen LogP contribution in [-0.2, 0) is 0 Å². The molecule has 0 aliphatic rings. The fraction of sp³-hybridized carbons (Fsp3) is 0.467. The minimum absolute atomic E-state index is 0.540. The van der Waals surface area contributed by atoms with Crippen molar-refractivity contribution in [1.82, 2.24) is 0 Å². The number of hydrogen-bond donors (Lipinski definition) is 0. The average Bonchev–Trinajstić information content (AvgIpc) is 2.26. The highest BCUT2D eigenvalue weighted by molar-refractivity contribution is 5.31. The SMILES string of the molecule is C=CC(CCCCC)c1ccccc1C. The molecule has 1 rings (SSSR count). The van der Waals surface area contributed by atoms with Crippen molar-refractivity contribution in [2.75, 3.05) is 0 Å². The molecule has 0 aromatic heterocycles. The van der Waals surface area contributed by atoms with Gasteiger partial charge in [0.25, 0.3) is 0 Å². The van der Waals surface area contributed by atoms with Crippen molar-refractivity contribution in [3.8, 4) is 0 Å². The zero-order valence-electron chi connectivity index (χ0n) is 10.00. The van der Waals surface area contributed by atoms with Gasteiger partial charge in [-0.05, 0) is 24.5 Å². The molecule has 0 aliphatic carbocycles. The smallest absolute Gasteiger partial charge is 0.00179 e. The molecule has 1 unspecified atom stereocenters. The van der Waals surface area contributed by atoms with Gasteiger partial charge in [-0.2, -0.15) is 0 Å². The summed E-state index contributed by atoms with van der Waals surface area (Å²) in [5.74, 6) is 0.540. The van der Waals surface area contributed by atoms with E-state index in [0.29, 0.717) is 5.92 Å². The highest BCUT2D eigenvalue weighted by atomic mass is 14.1. The van der Waals surface area contributed by atoms with Gasteiger partial charge < -0.3 is 0 Å². The predicted molar refractivity (Wildman–Crippen MR) is 68.3 cm³/mol. The molecule has 0 heterocycles. The summed E-state index contributed by atoms with van der Waals surface area (Å²) in [5, 5.41) is 0. The molecular weight excluding hydrogens is 180 g/mol. The van der Waals surface area contributed by atoms with Crippen molar-refractivity contribution in [3.05, 3.63) is 48.0 Å². The normalized spacial score (nSPS) is 12.4. The van der Waals surface area contributed by atoms with E-state index in [1.165, 1.54) is 36.8 Å². The molecule has 1 atom stereocenters. The van der Waals surface area contributed by atoms with Gasteiger partial charge in [-0.1, -0.05) is 56.5 Å². The highest BCUT2D eigenvalue weighted by Gasteiger charge is 2.08. The second kappa shape index (κ2) is 6.44. The Labute approximate surface area is 94.0 Å². The second-order valence-corrected chi connectivity index (χ2v) is 4.19. The lowest BCUT2D eigenvalue weighted by molar-refractivity contribution is 0.627. The van der Waals surface area contributed by atoms with E-state index in [2.05, 4.69) is 50.8 Å². The van der Waals surface area contributed by atoms with E-state index >= 15 is 0 Å². The number of unbranched alkanes of at least 4 members (excludes halogenated alkanes) is 2. The summed E-state index contributed by atoms with van der Waals surface area (Å²) in [5.41, 5.74) is 2.84. The molecular formula is C15H22. The summed E-state index contributed by atoms with van der Waals surface area (Å²) in [4.78, 5) is 0. The van der Waals surface area contributed by atoms with Crippen molar-refractivity contribution >= 4 is 0 Å². The van der Waals surface area contributed by atoms with E-state index in [1.807, 2.05) is 0 Å². The fourth-order valence-electron chi connectivity index (χ4n) is 2.02. The third-order valence-electron chi connectivity index (χ3n) is 2.99. The van der Waals surface area contributed by atoms with Gasteiger partial charge in [0, 0.05) is 5.92 Å². The van der Waals surface area contributed by atoms with E-state index in [4.69, 9.17) is 0 Å². The maximum atomic E-state index is 3.96. The molecule has 0 fully saturated rings. The minimum atomic E-state index is 0.540. The number of rotatable bonds is 6. The topological polar surface area (TPSA) is 0 Å². The quantitative estimate of drug-likeness (QED) is 0.457. The minimum Gasteiger partial charge on any atom is -0.102 e. The first-order valence-electron chi connectivity index (χ1n) is 5.97. The van der Waals surface area contributed by atoms with Gasteiger partial charge in [0.05, 0.1) is 0 Å². The van der Waals surface area contributed by atoms with E-state index in [1.54, 1.807) is 0 Å². The first-order chi connectivity index (χ1) is 7.29. The van der Waals surface area contributed by atoms with E-state index in [-0.39, 0.29) is 0 Å². The molecule has 1 aromatic carbocycles. The molecule has 0 heteroatoms. The van der Waals surface area contributed by atoms with Crippen molar-refractivity contribution in [1.29, 1.82) is 0 Å². The maximum Gasteiger partial charge on any atom is 0.00179 e. The van der Waals surface area contributed by atoms with Crippen LogP contribution in [0.3, 0.4) is 0 Å². The highest BCUT2D eigenvalue weighted by Crippen LogP contribution is 2.25. The van der Waals surface area contributed by atoms with Crippen molar-refractivity contribution in [2.24, 2.45) is 0 Å². The largest absolute Gasteiger partial charge is 0.102 e. The Kier molecular flexibility index (Phi) is 5.17. The third kappa shape index (κ3) is 3.54. The van der Waals surface area contributed by atoms with Crippen LogP contribution in [0.4, 0.5) is 0 Å². The first kappa shape index (κ1) is 12.0. The van der Waals surface area contributed by atoms with Crippen LogP contribution in [0.15, 0.2) is 36.9 Å². The summed E-state index contributed by atoms with van der Waals surface area (Å²) in [6.45, 7) is 8.39. The molecule has 15 heavy (non-hydrogen) atoms. The zero-order chi connectivity index (χ0) is 11.1. The summed E-state index contributed by atoms with van der Waals surface area (Å²) < 4.78 is 0. The lowest BCUT2D eigenvalue weighted by atomic mass is 9.90. The van der Waals surface area contributed by atoms with E-state index in [9.17, 15) is 0 Å². The Morgan fingerprint density at radius 1 is 1.27 bits per heavy atom. The summed E-state index contributed by atoms with van der Waals surface area (Å²) in [7, 11) is 0. The van der Waals surface area contributed by atoms with Crippen molar-refractivity contribution < 1.29 is 0 Å². The molecule has 0 radical (unpaired) electrons. The number of hydrogen-bond acceptors (Lipinski definition) is 0. The van der Waals surface area contributed by atoms with Gasteiger partial charge >= 0.3 is 0 Å². The molecule has 0 N–H and O–H groups in total. The van der Waals surface area contributed by atoms with Crippen LogP contribution in [0, 0.1) is 6.92 Å². The number of benzene rings is 1. The second-order valence-electron chi connectivity index (χ2n) is 4.19. The van der Waals surface area contributed by atoms with Crippen LogP contribution in [0.1, 0.15) is 49.7 Å². The molecule has 1 aromatic rings. The van der Waals surface area contributed by atoms with E-state index < -0.39 is 0 Å². The molecule has 0 spiro atoms. The Morgan fingerprint density at radius 3 is 2.60 bits per heavy atom. The Hall–Kier alpha value is -1.04. The Morgan fingerprint density at radius 2 is 2.00 bits per heavy atom. The molecule has 0 saturated carbocycles. The Bertz CT molecular complexity index is 299. The lowest BCUT2D eigenvalue weighted by Crippen LogP contribution is -1.97. The molecule has 0 saturated heterocycles. The van der Waals surface area contributed by atoms with Crippen LogP contribution in [0.25, 0.3) is 0 Å². The predicted octanol–water partition coefficient (Wildman–Crippen LogP) is 4.84. The van der Waals surface area contributed by atoms with Crippen molar-refractivity contribution in [3.63, 3.8) is 0 Å². The zero-order valence-corrected chi connectivity index (χ0v) is 10.00. The van der Waals surface area contributed by atoms with Gasteiger partial charge in [0.1, 0.15) is 0 Å². The molecule has 0 amide bonds. The molecule has 0 bridgehead atoms. The number of aryl methyl sites for hydroxylation is 1. The Balaban J connectivity index is 2.66. The van der Waals surface area contributed by atoms with Crippen molar-refractivity contribution in [2.45, 2.75) is 45.4 Å². The number of allylic oxidation sites excluding steroid dienone is 1. The molecule has 0 nitrogen and oxygen atoms in total. The summed E-state index contributed by atoms with van der Waals surface area (Å²) in [6, 6.07) is 8.64. The van der Waals surface area contributed by atoms with Crippen LogP contribution in [0.5, 0.6) is 0 Å². The standard InChI is InChI=1S/C15H22/c1-4-6-7-11-14(5-2)15-12-9-8-10-13(15)3/h5,8-10,12,14H,2,4,6-7,11H2,1,3H3. The maximum absolute atomic E-state index is 3.96. The molecule has 0 aliphatic heterocycles. The van der Waals surface area contributed by atoms with Crippen LogP contribution < -0.4 is 0 Å². The van der Waals surface area contributed by atoms with Gasteiger partial charge in [0.15, 0.2) is 0 Å². The fourth-order valence-corrected chi connectivity index (χ4v) is 2.02. The van der Waals surface area contributed by atoms with Gasteiger partial charge in [-0.25, -0.2) is 0 Å². The monoisotopic (exact) mass is 202 g/mol. The van der Waals surface area contributed by atoms with Crippen LogP contribution in [0.2, 0.25) is 0 Å². The van der Waals surface area contributed by atoms with Gasteiger partial charge in [-0.15, -0.1) is 6.58 Å². The van der Waals surface area contributed by atoms with Gasteiger partial charge in [-0.3, -0.25) is 0 Å². The average molecular weight is 202 g/mol.